The first kappa shape index (κ1) is 14.5. The van der Waals surface area contributed by atoms with Gasteiger partial charge in [-0.2, -0.15) is 0 Å². The van der Waals surface area contributed by atoms with E-state index in [1.807, 2.05) is 45.0 Å². The average molecular weight is 289 g/mol. The fourth-order valence-electron chi connectivity index (χ4n) is 1.81. The minimum Gasteiger partial charge on any atom is -0.382 e. The van der Waals surface area contributed by atoms with Gasteiger partial charge in [0.25, 0.3) is 0 Å². The highest BCUT2D eigenvalue weighted by molar-refractivity contribution is 7.18. The van der Waals surface area contributed by atoms with E-state index >= 15 is 0 Å². The van der Waals surface area contributed by atoms with Gasteiger partial charge in [-0.3, -0.25) is 4.79 Å². The van der Waals surface area contributed by atoms with Gasteiger partial charge < -0.3 is 11.1 Å². The van der Waals surface area contributed by atoms with Crippen molar-refractivity contribution in [2.24, 2.45) is 5.92 Å². The van der Waals surface area contributed by atoms with Crippen molar-refractivity contribution >= 4 is 33.8 Å². The van der Waals surface area contributed by atoms with Crippen LogP contribution < -0.4 is 11.1 Å². The predicted octanol–water partition coefficient (Wildman–Crippen LogP) is 4.01. The van der Waals surface area contributed by atoms with Crippen LogP contribution in [0.15, 0.2) is 24.3 Å². The number of carbonyl (C=O) groups excluding carboxylic acids is 1. The van der Waals surface area contributed by atoms with Gasteiger partial charge in [0, 0.05) is 12.1 Å². The molecule has 0 fully saturated rings. The van der Waals surface area contributed by atoms with E-state index in [1.54, 1.807) is 0 Å². The molecule has 0 aliphatic rings. The predicted molar refractivity (Wildman–Crippen MR) is 84.8 cm³/mol. The molecule has 0 bridgehead atoms. The Kier molecular flexibility index (Phi) is 4.39. The number of ketones is 1. The number of hydrogen-bond donors (Lipinski definition) is 2. The Morgan fingerprint density at radius 3 is 2.60 bits per heavy atom. The number of aromatic nitrogens is 1. The second kappa shape index (κ2) is 6.05. The summed E-state index contributed by atoms with van der Waals surface area (Å²) in [4.78, 5) is 16.8. The van der Waals surface area contributed by atoms with Crippen molar-refractivity contribution in [3.05, 3.63) is 34.7 Å². The summed E-state index contributed by atoms with van der Waals surface area (Å²) in [6.07, 6.45) is 0.496. The maximum Gasteiger partial charge on any atom is 0.189 e. The number of anilines is 3. The first-order valence-electron chi connectivity index (χ1n) is 6.59. The minimum absolute atomic E-state index is 0.0620. The highest BCUT2D eigenvalue weighted by atomic mass is 32.1. The van der Waals surface area contributed by atoms with Crippen LogP contribution >= 0.6 is 11.3 Å². The Morgan fingerprint density at radius 1 is 1.35 bits per heavy atom. The lowest BCUT2D eigenvalue weighted by Gasteiger charge is -2.02. The Morgan fingerprint density at radius 2 is 2.00 bits per heavy atom. The van der Waals surface area contributed by atoms with Gasteiger partial charge in [-0.05, 0) is 25.0 Å². The summed E-state index contributed by atoms with van der Waals surface area (Å²) in [7, 11) is 0. The van der Waals surface area contributed by atoms with Crippen LogP contribution in [0, 0.1) is 12.8 Å². The molecule has 3 N–H and O–H groups in total. The Bertz CT molecular complexity index is 602. The second-order valence-corrected chi connectivity index (χ2v) is 6.24. The SMILES string of the molecule is Cc1ccc(Nc2nc(N)c(C(=O)CC(C)C)s2)cc1. The van der Waals surface area contributed by atoms with Gasteiger partial charge in [0.05, 0.1) is 0 Å². The number of rotatable bonds is 5. The van der Waals surface area contributed by atoms with Gasteiger partial charge in [-0.15, -0.1) is 0 Å². The lowest BCUT2D eigenvalue weighted by atomic mass is 10.1. The molecule has 0 atom stereocenters. The van der Waals surface area contributed by atoms with E-state index in [0.29, 0.717) is 28.2 Å². The maximum absolute atomic E-state index is 12.0. The average Bonchev–Trinajstić information content (AvgIpc) is 2.72. The van der Waals surface area contributed by atoms with E-state index in [4.69, 9.17) is 5.73 Å². The van der Waals surface area contributed by atoms with Crippen LogP contribution in [0.4, 0.5) is 16.6 Å². The van der Waals surface area contributed by atoms with E-state index in [-0.39, 0.29) is 5.78 Å². The number of carbonyl (C=O) groups is 1. The summed E-state index contributed by atoms with van der Waals surface area (Å²) in [6.45, 7) is 6.06. The monoisotopic (exact) mass is 289 g/mol. The van der Waals surface area contributed by atoms with Crippen molar-refractivity contribution in [1.82, 2.24) is 4.98 Å². The highest BCUT2D eigenvalue weighted by Gasteiger charge is 2.17. The van der Waals surface area contributed by atoms with Gasteiger partial charge >= 0.3 is 0 Å². The lowest BCUT2D eigenvalue weighted by molar-refractivity contribution is 0.0972. The second-order valence-electron chi connectivity index (χ2n) is 5.25. The molecular formula is C15H19N3OS. The van der Waals surface area contributed by atoms with Gasteiger partial charge in [-0.1, -0.05) is 42.9 Å². The van der Waals surface area contributed by atoms with Crippen molar-refractivity contribution in [2.45, 2.75) is 27.2 Å². The van der Waals surface area contributed by atoms with E-state index in [0.717, 1.165) is 5.69 Å². The highest BCUT2D eigenvalue weighted by Crippen LogP contribution is 2.29. The van der Waals surface area contributed by atoms with E-state index in [2.05, 4.69) is 10.3 Å². The van der Waals surface area contributed by atoms with Crippen LogP contribution in [0.2, 0.25) is 0 Å². The number of nitrogens with two attached hydrogens (primary N) is 1. The molecule has 0 saturated heterocycles. The van der Waals surface area contributed by atoms with Gasteiger partial charge in [-0.25, -0.2) is 4.98 Å². The molecular weight excluding hydrogens is 270 g/mol. The number of Topliss-reactive ketones (excluding diaryl/α,β-unsaturated/α-hetero) is 1. The Labute approximate surface area is 123 Å². The lowest BCUT2D eigenvalue weighted by Crippen LogP contribution is -2.04. The third-order valence-electron chi connectivity index (χ3n) is 2.80. The third-order valence-corrected chi connectivity index (χ3v) is 3.83. The molecule has 0 amide bonds. The van der Waals surface area contributed by atoms with E-state index < -0.39 is 0 Å². The quantitative estimate of drug-likeness (QED) is 0.816. The molecule has 2 aromatic rings. The summed E-state index contributed by atoms with van der Waals surface area (Å²) in [5, 5.41) is 3.83. The van der Waals surface area contributed by atoms with Crippen LogP contribution in [0.1, 0.15) is 35.5 Å². The summed E-state index contributed by atoms with van der Waals surface area (Å²) in [5.41, 5.74) is 7.97. The molecule has 1 aromatic heterocycles. The molecule has 1 heterocycles. The van der Waals surface area contributed by atoms with Crippen molar-refractivity contribution in [2.75, 3.05) is 11.1 Å². The van der Waals surface area contributed by atoms with Crippen LogP contribution in [0.25, 0.3) is 0 Å². The molecule has 5 heteroatoms. The molecule has 0 spiro atoms. The van der Waals surface area contributed by atoms with Gasteiger partial charge in [0.2, 0.25) is 0 Å². The van der Waals surface area contributed by atoms with Crippen LogP contribution in [-0.2, 0) is 0 Å². The first-order valence-corrected chi connectivity index (χ1v) is 7.40. The van der Waals surface area contributed by atoms with Gasteiger partial charge in [0.15, 0.2) is 10.9 Å². The normalized spacial score (nSPS) is 10.8. The zero-order chi connectivity index (χ0) is 14.7. The molecule has 106 valence electrons. The third kappa shape index (κ3) is 3.57. The minimum atomic E-state index is 0.0620. The van der Waals surface area contributed by atoms with E-state index in [9.17, 15) is 4.79 Å². The fraction of sp³-hybridized carbons (Fsp3) is 0.333. The summed E-state index contributed by atoms with van der Waals surface area (Å²) < 4.78 is 0. The zero-order valence-corrected chi connectivity index (χ0v) is 12.8. The standard InChI is InChI=1S/C15H19N3OS/c1-9(2)8-12(19)13-14(16)18-15(20-13)17-11-6-4-10(3)5-7-11/h4-7,9H,8,16H2,1-3H3,(H,17,18). The molecule has 0 radical (unpaired) electrons. The topological polar surface area (TPSA) is 68.0 Å². The number of thiazole rings is 1. The molecule has 0 unspecified atom stereocenters. The van der Waals surface area contributed by atoms with Crippen molar-refractivity contribution in [3.8, 4) is 0 Å². The molecule has 1 aromatic carbocycles. The largest absolute Gasteiger partial charge is 0.382 e. The smallest absolute Gasteiger partial charge is 0.189 e. The molecule has 0 saturated carbocycles. The van der Waals surface area contributed by atoms with Crippen molar-refractivity contribution < 1.29 is 4.79 Å². The van der Waals surface area contributed by atoms with E-state index in [1.165, 1.54) is 16.9 Å². The molecule has 0 aliphatic heterocycles. The number of hydrogen-bond acceptors (Lipinski definition) is 5. The zero-order valence-electron chi connectivity index (χ0n) is 11.9. The summed E-state index contributed by atoms with van der Waals surface area (Å²) in [5.74, 6) is 0.694. The van der Waals surface area contributed by atoms with Crippen molar-refractivity contribution in [3.63, 3.8) is 0 Å². The fourth-order valence-corrected chi connectivity index (χ4v) is 2.66. The molecule has 20 heavy (non-hydrogen) atoms. The number of nitrogens with zero attached hydrogens (tertiary/aromatic N) is 1. The number of nitrogens with one attached hydrogen (secondary N) is 1. The van der Waals surface area contributed by atoms with Crippen LogP contribution in [-0.4, -0.2) is 10.8 Å². The number of benzene rings is 1. The summed E-state index contributed by atoms with van der Waals surface area (Å²) >= 11 is 1.31. The Hall–Kier alpha value is -1.88. The molecule has 2 rings (SSSR count). The first-order chi connectivity index (χ1) is 9.45. The molecule has 4 nitrogen and oxygen atoms in total. The molecule has 0 aliphatic carbocycles. The van der Waals surface area contributed by atoms with Crippen molar-refractivity contribution in [1.29, 1.82) is 0 Å². The van der Waals surface area contributed by atoms with Gasteiger partial charge in [0.1, 0.15) is 10.7 Å². The Balaban J connectivity index is 2.14. The number of nitrogen functional groups attached to an aromatic ring is 1. The van der Waals surface area contributed by atoms with Crippen LogP contribution in [0.5, 0.6) is 0 Å². The number of aryl methyl sites for hydroxylation is 1. The maximum atomic E-state index is 12.0. The van der Waals surface area contributed by atoms with Crippen LogP contribution in [0.3, 0.4) is 0 Å². The summed E-state index contributed by atoms with van der Waals surface area (Å²) in [6, 6.07) is 7.99.